The monoisotopic (exact) mass is 364 g/mol. The molecular formula is C18H25BrN2O. The molecule has 1 aliphatic heterocycles. The highest BCUT2D eigenvalue weighted by molar-refractivity contribution is 9.10. The molecule has 2 unspecified atom stereocenters. The van der Waals surface area contributed by atoms with Crippen LogP contribution in [0.3, 0.4) is 0 Å². The van der Waals surface area contributed by atoms with Crippen molar-refractivity contribution in [2.75, 3.05) is 13.1 Å². The van der Waals surface area contributed by atoms with Crippen LogP contribution in [0, 0.1) is 5.92 Å². The van der Waals surface area contributed by atoms with Crippen molar-refractivity contribution in [3.63, 3.8) is 0 Å². The maximum Gasteiger partial charge on any atom is 0.233 e. The van der Waals surface area contributed by atoms with Gasteiger partial charge in [-0.2, -0.15) is 0 Å². The van der Waals surface area contributed by atoms with E-state index < -0.39 is 0 Å². The van der Waals surface area contributed by atoms with Crippen LogP contribution in [0.15, 0.2) is 28.7 Å². The molecule has 1 aliphatic carbocycles. The first kappa shape index (κ1) is 16.0. The molecule has 1 amide bonds. The Kier molecular flexibility index (Phi) is 4.60. The van der Waals surface area contributed by atoms with E-state index in [1.165, 1.54) is 5.56 Å². The van der Waals surface area contributed by atoms with Crippen molar-refractivity contribution in [1.29, 1.82) is 0 Å². The van der Waals surface area contributed by atoms with Gasteiger partial charge in [-0.25, -0.2) is 0 Å². The zero-order valence-corrected chi connectivity index (χ0v) is 14.8. The molecule has 2 N–H and O–H groups in total. The quantitative estimate of drug-likeness (QED) is 0.892. The van der Waals surface area contributed by atoms with Gasteiger partial charge in [-0.1, -0.05) is 34.5 Å². The van der Waals surface area contributed by atoms with Crippen molar-refractivity contribution in [1.82, 2.24) is 4.90 Å². The Morgan fingerprint density at radius 2 is 2.00 bits per heavy atom. The molecule has 120 valence electrons. The summed E-state index contributed by atoms with van der Waals surface area (Å²) >= 11 is 3.48. The fourth-order valence-electron chi connectivity index (χ4n) is 3.85. The van der Waals surface area contributed by atoms with Crippen LogP contribution in [0.5, 0.6) is 0 Å². The molecule has 3 nitrogen and oxygen atoms in total. The van der Waals surface area contributed by atoms with Gasteiger partial charge in [0.25, 0.3) is 0 Å². The van der Waals surface area contributed by atoms with Crippen molar-refractivity contribution >= 4 is 21.8 Å². The van der Waals surface area contributed by atoms with Gasteiger partial charge in [-0.05, 0) is 56.2 Å². The largest absolute Gasteiger partial charge is 0.342 e. The van der Waals surface area contributed by atoms with E-state index in [9.17, 15) is 4.79 Å². The van der Waals surface area contributed by atoms with Gasteiger partial charge >= 0.3 is 0 Å². The molecule has 1 heterocycles. The summed E-state index contributed by atoms with van der Waals surface area (Å²) < 4.78 is 1.06. The van der Waals surface area contributed by atoms with Crippen LogP contribution < -0.4 is 5.73 Å². The minimum Gasteiger partial charge on any atom is -0.342 e. The lowest BCUT2D eigenvalue weighted by Crippen LogP contribution is -2.54. The Labute approximate surface area is 141 Å². The van der Waals surface area contributed by atoms with Gasteiger partial charge in [0.1, 0.15) is 0 Å². The van der Waals surface area contributed by atoms with Gasteiger partial charge in [0.05, 0.1) is 5.41 Å². The second kappa shape index (κ2) is 6.32. The normalized spacial score (nSPS) is 25.4. The molecule has 4 heteroatoms. The highest BCUT2D eigenvalue weighted by atomic mass is 79.9. The van der Waals surface area contributed by atoms with E-state index >= 15 is 0 Å². The minimum absolute atomic E-state index is 0.167. The van der Waals surface area contributed by atoms with Crippen molar-refractivity contribution in [2.24, 2.45) is 11.7 Å². The summed E-state index contributed by atoms with van der Waals surface area (Å²) in [6.45, 7) is 3.78. The molecule has 1 saturated carbocycles. The van der Waals surface area contributed by atoms with Gasteiger partial charge in [-0.3, -0.25) is 4.79 Å². The summed E-state index contributed by atoms with van der Waals surface area (Å²) in [5, 5.41) is 0. The van der Waals surface area contributed by atoms with Crippen molar-refractivity contribution in [3.8, 4) is 0 Å². The molecule has 2 aliphatic rings. The number of carbonyl (C=O) groups excluding carboxylic acids is 1. The van der Waals surface area contributed by atoms with Crippen LogP contribution in [0.2, 0.25) is 0 Å². The van der Waals surface area contributed by atoms with Crippen LogP contribution in [0.25, 0.3) is 0 Å². The number of benzene rings is 1. The molecule has 2 atom stereocenters. The number of hydrogen-bond donors (Lipinski definition) is 1. The molecule has 0 radical (unpaired) electrons. The number of nitrogens with zero attached hydrogens (tertiary/aromatic N) is 1. The fourth-order valence-corrected chi connectivity index (χ4v) is 4.12. The minimum atomic E-state index is -0.277. The number of carbonyl (C=O) groups is 1. The SMILES string of the molecule is CC(N)C1CCCN(C(=O)C2(c3ccc(Br)cc3)CCC2)C1. The number of nitrogens with two attached hydrogens (primary N) is 1. The van der Waals surface area contributed by atoms with Gasteiger partial charge in [0.15, 0.2) is 0 Å². The van der Waals surface area contributed by atoms with E-state index in [-0.39, 0.29) is 11.5 Å². The second-order valence-electron chi connectivity index (χ2n) is 6.96. The van der Waals surface area contributed by atoms with E-state index in [0.717, 1.165) is 49.7 Å². The fraction of sp³-hybridized carbons (Fsp3) is 0.611. The molecule has 0 spiro atoms. The van der Waals surface area contributed by atoms with Crippen LogP contribution in [0.4, 0.5) is 0 Å². The number of piperidine rings is 1. The van der Waals surface area contributed by atoms with Gasteiger partial charge < -0.3 is 10.6 Å². The molecule has 0 bridgehead atoms. The molecule has 1 saturated heterocycles. The molecule has 2 fully saturated rings. The van der Waals surface area contributed by atoms with Crippen LogP contribution in [0.1, 0.15) is 44.6 Å². The summed E-state index contributed by atoms with van der Waals surface area (Å²) in [5.74, 6) is 0.770. The highest BCUT2D eigenvalue weighted by Crippen LogP contribution is 2.46. The van der Waals surface area contributed by atoms with E-state index in [1.807, 2.05) is 12.1 Å². The average Bonchev–Trinajstić information content (AvgIpc) is 2.48. The summed E-state index contributed by atoms with van der Waals surface area (Å²) in [4.78, 5) is 15.3. The molecular weight excluding hydrogens is 340 g/mol. The van der Waals surface area contributed by atoms with E-state index in [4.69, 9.17) is 5.73 Å². The highest BCUT2D eigenvalue weighted by Gasteiger charge is 2.48. The second-order valence-corrected chi connectivity index (χ2v) is 7.87. The summed E-state index contributed by atoms with van der Waals surface area (Å²) in [7, 11) is 0. The number of halogens is 1. The predicted octanol–water partition coefficient (Wildman–Crippen LogP) is 3.46. The van der Waals surface area contributed by atoms with Crippen molar-refractivity contribution < 1.29 is 4.79 Å². The third-order valence-electron chi connectivity index (χ3n) is 5.50. The molecule has 3 rings (SSSR count). The lowest BCUT2D eigenvalue weighted by atomic mass is 9.63. The predicted molar refractivity (Wildman–Crippen MR) is 92.6 cm³/mol. The van der Waals surface area contributed by atoms with Gasteiger partial charge in [-0.15, -0.1) is 0 Å². The lowest BCUT2D eigenvalue weighted by molar-refractivity contribution is -0.143. The Morgan fingerprint density at radius 3 is 2.55 bits per heavy atom. The lowest BCUT2D eigenvalue weighted by Gasteiger charge is -2.46. The zero-order chi connectivity index (χ0) is 15.7. The topological polar surface area (TPSA) is 46.3 Å². The third-order valence-corrected chi connectivity index (χ3v) is 6.03. The third kappa shape index (κ3) is 2.83. The number of hydrogen-bond acceptors (Lipinski definition) is 2. The smallest absolute Gasteiger partial charge is 0.233 e. The first-order chi connectivity index (χ1) is 10.5. The number of rotatable bonds is 3. The Bertz CT molecular complexity index is 537. The molecule has 1 aromatic rings. The zero-order valence-electron chi connectivity index (χ0n) is 13.2. The van der Waals surface area contributed by atoms with Gasteiger partial charge in [0.2, 0.25) is 5.91 Å². The summed E-state index contributed by atoms with van der Waals surface area (Å²) in [5.41, 5.74) is 6.97. The maximum absolute atomic E-state index is 13.2. The standard InChI is InChI=1S/C18H25BrN2O/c1-13(20)14-4-2-11-21(12-14)17(22)18(9-3-10-18)15-5-7-16(19)8-6-15/h5-8,13-14H,2-4,9-12,20H2,1H3. The van der Waals surface area contributed by atoms with Crippen LogP contribution >= 0.6 is 15.9 Å². The van der Waals surface area contributed by atoms with E-state index in [0.29, 0.717) is 11.8 Å². The van der Waals surface area contributed by atoms with E-state index in [2.05, 4.69) is 39.9 Å². The van der Waals surface area contributed by atoms with Crippen LogP contribution in [-0.4, -0.2) is 29.9 Å². The van der Waals surface area contributed by atoms with Crippen LogP contribution in [-0.2, 0) is 10.2 Å². The summed E-state index contributed by atoms with van der Waals surface area (Å²) in [6.07, 6.45) is 5.33. The Morgan fingerprint density at radius 1 is 1.32 bits per heavy atom. The maximum atomic E-state index is 13.2. The molecule has 22 heavy (non-hydrogen) atoms. The number of amides is 1. The van der Waals surface area contributed by atoms with E-state index in [1.54, 1.807) is 0 Å². The van der Waals surface area contributed by atoms with Crippen molar-refractivity contribution in [3.05, 3.63) is 34.3 Å². The number of likely N-dealkylation sites (tertiary alicyclic amines) is 1. The first-order valence-corrected chi connectivity index (χ1v) is 9.13. The Balaban J connectivity index is 1.81. The summed E-state index contributed by atoms with van der Waals surface area (Å²) in [6, 6.07) is 8.47. The van der Waals surface area contributed by atoms with Gasteiger partial charge in [0, 0.05) is 23.6 Å². The Hall–Kier alpha value is -0.870. The first-order valence-electron chi connectivity index (χ1n) is 8.34. The molecule has 0 aromatic heterocycles. The molecule has 1 aromatic carbocycles. The average molecular weight is 365 g/mol. The van der Waals surface area contributed by atoms with Crippen molar-refractivity contribution in [2.45, 2.75) is 50.5 Å².